The van der Waals surface area contributed by atoms with E-state index in [0.717, 1.165) is 29.2 Å². The molecule has 1 aliphatic rings. The lowest BCUT2D eigenvalue weighted by Gasteiger charge is -2.32. The second-order valence-electron chi connectivity index (χ2n) is 9.04. The summed E-state index contributed by atoms with van der Waals surface area (Å²) in [6, 6.07) is 15.3. The average Bonchev–Trinajstić information content (AvgIpc) is 3.31. The molecule has 0 aliphatic heterocycles. The van der Waals surface area contributed by atoms with Gasteiger partial charge in [-0.05, 0) is 34.6 Å². The van der Waals surface area contributed by atoms with Crippen LogP contribution in [0.1, 0.15) is 31.9 Å². The van der Waals surface area contributed by atoms with Gasteiger partial charge in [-0.15, -0.1) is 0 Å². The van der Waals surface area contributed by atoms with Crippen molar-refractivity contribution in [2.75, 3.05) is 0 Å². The number of alkyl halides is 5. The van der Waals surface area contributed by atoms with Crippen LogP contribution in [0, 0.1) is 24.2 Å². The molecule has 3 rings (SSSR count). The Morgan fingerprint density at radius 2 is 1.68 bits per heavy atom. The molecule has 0 spiro atoms. The largest absolute Gasteiger partial charge is 0.461 e. The van der Waals surface area contributed by atoms with Crippen LogP contribution in [0.15, 0.2) is 48.5 Å². The first-order chi connectivity index (χ1) is 15.7. The maximum absolute atomic E-state index is 13.5. The van der Waals surface area contributed by atoms with Crippen LogP contribution in [-0.2, 0) is 25.7 Å². The highest BCUT2D eigenvalue weighted by molar-refractivity contribution is 6.49. The number of carbonyl (C=O) groups excluding carboxylic acids is 2. The normalized spacial score (nSPS) is 20.4. The standard InChI is InChI=1S/C25H25Cl2F3O4/c1-14-17(11-8-12-18(14)16-9-6-5-7-10-16)13-33-22(32)20-19(23(20,3)4)21(34-15(2)31)24(26,27)25(28,29)30/h5-12,19-21H,13H2,1-4H3. The van der Waals surface area contributed by atoms with E-state index in [0.29, 0.717) is 0 Å². The van der Waals surface area contributed by atoms with Crippen LogP contribution >= 0.6 is 23.2 Å². The number of hydrogen-bond acceptors (Lipinski definition) is 4. The highest BCUT2D eigenvalue weighted by atomic mass is 35.5. The summed E-state index contributed by atoms with van der Waals surface area (Å²) in [7, 11) is 0. The van der Waals surface area contributed by atoms with Crippen molar-refractivity contribution in [3.8, 4) is 11.1 Å². The molecule has 0 saturated heterocycles. The Balaban J connectivity index is 1.79. The fourth-order valence-electron chi connectivity index (χ4n) is 4.41. The van der Waals surface area contributed by atoms with Crippen molar-refractivity contribution in [2.45, 2.75) is 50.9 Å². The lowest BCUT2D eigenvalue weighted by atomic mass is 9.97. The summed E-state index contributed by atoms with van der Waals surface area (Å²) in [5.41, 5.74) is 2.70. The Bertz CT molecular complexity index is 1070. The van der Waals surface area contributed by atoms with Crippen molar-refractivity contribution in [1.82, 2.24) is 0 Å². The van der Waals surface area contributed by atoms with Crippen molar-refractivity contribution in [3.63, 3.8) is 0 Å². The van der Waals surface area contributed by atoms with Gasteiger partial charge in [0.1, 0.15) is 12.7 Å². The Morgan fingerprint density at radius 3 is 2.24 bits per heavy atom. The van der Waals surface area contributed by atoms with Gasteiger partial charge in [0.15, 0.2) is 0 Å². The molecule has 0 heterocycles. The van der Waals surface area contributed by atoms with Crippen LogP contribution in [-0.4, -0.2) is 28.6 Å². The molecule has 2 aromatic carbocycles. The molecule has 1 fully saturated rings. The van der Waals surface area contributed by atoms with E-state index in [2.05, 4.69) is 0 Å². The first-order valence-corrected chi connectivity index (χ1v) is 11.4. The van der Waals surface area contributed by atoms with Crippen molar-refractivity contribution < 1.29 is 32.2 Å². The molecule has 4 nitrogen and oxygen atoms in total. The molecule has 3 unspecified atom stereocenters. The first kappa shape index (κ1) is 26.4. The predicted octanol–water partition coefficient (Wildman–Crippen LogP) is 6.65. The third-order valence-corrected chi connectivity index (χ3v) is 7.28. The van der Waals surface area contributed by atoms with E-state index in [9.17, 15) is 22.8 Å². The molecule has 2 aromatic rings. The van der Waals surface area contributed by atoms with E-state index in [-0.39, 0.29) is 6.61 Å². The second kappa shape index (κ2) is 9.42. The maximum atomic E-state index is 13.5. The minimum Gasteiger partial charge on any atom is -0.461 e. The number of ether oxygens (including phenoxy) is 2. The van der Waals surface area contributed by atoms with Gasteiger partial charge in [-0.3, -0.25) is 9.59 Å². The molecule has 184 valence electrons. The van der Waals surface area contributed by atoms with Crippen molar-refractivity contribution in [1.29, 1.82) is 0 Å². The number of carbonyl (C=O) groups is 2. The van der Waals surface area contributed by atoms with E-state index < -0.39 is 45.8 Å². The number of halogens is 5. The lowest BCUT2D eigenvalue weighted by molar-refractivity contribution is -0.181. The zero-order valence-corrected chi connectivity index (χ0v) is 20.6. The summed E-state index contributed by atoms with van der Waals surface area (Å²) in [6.45, 7) is 5.97. The molecular formula is C25H25Cl2F3O4. The van der Waals surface area contributed by atoms with E-state index in [1.807, 2.05) is 55.5 Å². The van der Waals surface area contributed by atoms with Gasteiger partial charge in [0, 0.05) is 12.8 Å². The maximum Gasteiger partial charge on any atom is 0.425 e. The molecule has 1 saturated carbocycles. The molecule has 1 aliphatic carbocycles. The van der Waals surface area contributed by atoms with Crippen LogP contribution in [0.3, 0.4) is 0 Å². The summed E-state index contributed by atoms with van der Waals surface area (Å²) in [4.78, 5) is 24.4. The zero-order valence-electron chi connectivity index (χ0n) is 19.1. The molecule has 0 aromatic heterocycles. The van der Waals surface area contributed by atoms with Crippen LogP contribution < -0.4 is 0 Å². The van der Waals surface area contributed by atoms with Crippen molar-refractivity contribution >= 4 is 35.1 Å². The first-order valence-electron chi connectivity index (χ1n) is 10.6. The predicted molar refractivity (Wildman–Crippen MR) is 123 cm³/mol. The van der Waals surface area contributed by atoms with Gasteiger partial charge in [-0.1, -0.05) is 85.6 Å². The molecule has 0 amide bonds. The van der Waals surface area contributed by atoms with Gasteiger partial charge in [0.2, 0.25) is 4.33 Å². The SMILES string of the molecule is CC(=O)OC(C1C(C(=O)OCc2cccc(-c3ccccc3)c2C)C1(C)C)C(Cl)(Cl)C(F)(F)F. The molecule has 0 radical (unpaired) electrons. The average molecular weight is 517 g/mol. The third-order valence-electron chi connectivity index (χ3n) is 6.42. The summed E-state index contributed by atoms with van der Waals surface area (Å²) < 4.78 is 47.6. The number of hydrogen-bond donors (Lipinski definition) is 0. The number of rotatable bonds is 7. The molecule has 3 atom stereocenters. The Kier molecular flexibility index (Phi) is 7.30. The highest BCUT2D eigenvalue weighted by Gasteiger charge is 2.74. The number of esters is 2. The second-order valence-corrected chi connectivity index (χ2v) is 10.4. The minimum absolute atomic E-state index is 0.0605. The van der Waals surface area contributed by atoms with E-state index in [1.165, 1.54) is 0 Å². The van der Waals surface area contributed by atoms with Crippen LogP contribution in [0.25, 0.3) is 11.1 Å². The van der Waals surface area contributed by atoms with E-state index >= 15 is 0 Å². The lowest BCUT2D eigenvalue weighted by Crippen LogP contribution is -2.49. The minimum atomic E-state index is -5.08. The molecule has 0 bridgehead atoms. The quantitative estimate of drug-likeness (QED) is 0.305. The molecule has 9 heteroatoms. The van der Waals surface area contributed by atoms with Gasteiger partial charge >= 0.3 is 18.1 Å². The Hall–Kier alpha value is -2.25. The third kappa shape index (κ3) is 5.05. The summed E-state index contributed by atoms with van der Waals surface area (Å²) in [6.07, 6.45) is -7.05. The Labute approximate surface area is 206 Å². The zero-order chi connectivity index (χ0) is 25.5. The molecule has 0 N–H and O–H groups in total. The molecular weight excluding hydrogens is 492 g/mol. The fraction of sp³-hybridized carbons (Fsp3) is 0.440. The summed E-state index contributed by atoms with van der Waals surface area (Å²) in [5.74, 6) is -3.74. The van der Waals surface area contributed by atoms with E-state index in [4.69, 9.17) is 32.7 Å². The van der Waals surface area contributed by atoms with Gasteiger partial charge in [-0.25, -0.2) is 0 Å². The number of benzene rings is 2. The van der Waals surface area contributed by atoms with Crippen LogP contribution in [0.2, 0.25) is 0 Å². The topological polar surface area (TPSA) is 52.6 Å². The monoisotopic (exact) mass is 516 g/mol. The van der Waals surface area contributed by atoms with Crippen molar-refractivity contribution in [3.05, 3.63) is 59.7 Å². The smallest absolute Gasteiger partial charge is 0.425 e. The summed E-state index contributed by atoms with van der Waals surface area (Å²) in [5, 5.41) is 0. The Morgan fingerprint density at radius 1 is 1.06 bits per heavy atom. The van der Waals surface area contributed by atoms with Gasteiger partial charge in [0.25, 0.3) is 0 Å². The van der Waals surface area contributed by atoms with Gasteiger partial charge < -0.3 is 9.47 Å². The summed E-state index contributed by atoms with van der Waals surface area (Å²) >= 11 is 11.3. The fourth-order valence-corrected chi connectivity index (χ4v) is 4.78. The van der Waals surface area contributed by atoms with Gasteiger partial charge in [-0.2, -0.15) is 13.2 Å². The van der Waals surface area contributed by atoms with Crippen LogP contribution in [0.4, 0.5) is 13.2 Å². The van der Waals surface area contributed by atoms with E-state index in [1.54, 1.807) is 13.8 Å². The molecule has 34 heavy (non-hydrogen) atoms. The van der Waals surface area contributed by atoms with Crippen LogP contribution in [0.5, 0.6) is 0 Å². The van der Waals surface area contributed by atoms with Crippen molar-refractivity contribution in [2.24, 2.45) is 17.3 Å². The van der Waals surface area contributed by atoms with Gasteiger partial charge in [0.05, 0.1) is 5.92 Å². The highest BCUT2D eigenvalue weighted by Crippen LogP contribution is 2.65.